The first-order chi connectivity index (χ1) is 7.67. The minimum Gasteiger partial charge on any atom is -0.368 e. The van der Waals surface area contributed by atoms with Gasteiger partial charge in [-0.05, 0) is 38.8 Å². The molecule has 0 aromatic rings. The number of nitrogens with zero attached hydrogens (tertiary/aromatic N) is 1. The molecule has 0 spiro atoms. The molecule has 0 heterocycles. The Labute approximate surface area is 98.6 Å². The number of carbonyl (C=O) groups is 1. The standard InChI is InChI=1S/C12H25N3O/c1-3-15(9-10-5-4-6-10)8-7-11(14-2)12(13)16/h10-11,14H,3-9H2,1-2H3,(H2,13,16). The van der Waals surface area contributed by atoms with Gasteiger partial charge in [0.05, 0.1) is 6.04 Å². The number of amides is 1. The third kappa shape index (κ3) is 4.10. The van der Waals surface area contributed by atoms with Crippen LogP contribution in [0, 0.1) is 5.92 Å². The summed E-state index contributed by atoms with van der Waals surface area (Å²) < 4.78 is 0. The van der Waals surface area contributed by atoms with Crippen LogP contribution in [0.1, 0.15) is 32.6 Å². The third-order valence-electron chi connectivity index (χ3n) is 3.61. The van der Waals surface area contributed by atoms with Crippen molar-refractivity contribution in [3.63, 3.8) is 0 Å². The molecule has 0 radical (unpaired) electrons. The van der Waals surface area contributed by atoms with Gasteiger partial charge in [0.1, 0.15) is 0 Å². The molecule has 94 valence electrons. The number of likely N-dealkylation sites (N-methyl/N-ethyl adjacent to an activating group) is 1. The maximum absolute atomic E-state index is 11.1. The van der Waals surface area contributed by atoms with Crippen LogP contribution in [-0.2, 0) is 4.79 Å². The smallest absolute Gasteiger partial charge is 0.234 e. The molecule has 1 atom stereocenters. The van der Waals surface area contributed by atoms with Gasteiger partial charge in [0.25, 0.3) is 0 Å². The topological polar surface area (TPSA) is 58.4 Å². The van der Waals surface area contributed by atoms with Crippen LogP contribution < -0.4 is 11.1 Å². The lowest BCUT2D eigenvalue weighted by molar-refractivity contribution is -0.120. The average Bonchev–Trinajstić information content (AvgIpc) is 2.20. The molecule has 4 nitrogen and oxygen atoms in total. The third-order valence-corrected chi connectivity index (χ3v) is 3.61. The van der Waals surface area contributed by atoms with E-state index in [-0.39, 0.29) is 11.9 Å². The molecule has 16 heavy (non-hydrogen) atoms. The summed E-state index contributed by atoms with van der Waals surface area (Å²) in [6.07, 6.45) is 4.96. The number of hydrogen-bond donors (Lipinski definition) is 2. The lowest BCUT2D eigenvalue weighted by Gasteiger charge is -2.32. The zero-order valence-corrected chi connectivity index (χ0v) is 10.5. The van der Waals surface area contributed by atoms with Crippen molar-refractivity contribution in [2.75, 3.05) is 26.7 Å². The fraction of sp³-hybridized carbons (Fsp3) is 0.917. The van der Waals surface area contributed by atoms with Crippen LogP contribution in [0.2, 0.25) is 0 Å². The van der Waals surface area contributed by atoms with Crippen LogP contribution in [0.4, 0.5) is 0 Å². The predicted molar refractivity (Wildman–Crippen MR) is 66.1 cm³/mol. The number of nitrogens with two attached hydrogens (primary N) is 1. The Hall–Kier alpha value is -0.610. The first kappa shape index (κ1) is 13.5. The lowest BCUT2D eigenvalue weighted by Crippen LogP contribution is -2.42. The van der Waals surface area contributed by atoms with Crippen molar-refractivity contribution in [1.29, 1.82) is 0 Å². The fourth-order valence-corrected chi connectivity index (χ4v) is 2.16. The highest BCUT2D eigenvalue weighted by atomic mass is 16.1. The Bertz CT molecular complexity index is 216. The van der Waals surface area contributed by atoms with Crippen molar-refractivity contribution < 1.29 is 4.79 Å². The van der Waals surface area contributed by atoms with E-state index in [0.717, 1.165) is 25.4 Å². The van der Waals surface area contributed by atoms with Crippen molar-refractivity contribution in [2.24, 2.45) is 11.7 Å². The molecule has 1 amide bonds. The first-order valence-corrected chi connectivity index (χ1v) is 6.36. The van der Waals surface area contributed by atoms with Gasteiger partial charge in [0.2, 0.25) is 5.91 Å². The molecule has 0 saturated heterocycles. The van der Waals surface area contributed by atoms with Crippen molar-refractivity contribution in [2.45, 2.75) is 38.6 Å². The first-order valence-electron chi connectivity index (χ1n) is 6.36. The molecule has 4 heteroatoms. The van der Waals surface area contributed by atoms with E-state index >= 15 is 0 Å². The Kier molecular flexibility index (Phi) is 5.77. The van der Waals surface area contributed by atoms with Gasteiger partial charge >= 0.3 is 0 Å². The van der Waals surface area contributed by atoms with Crippen molar-refractivity contribution in [3.05, 3.63) is 0 Å². The van der Waals surface area contributed by atoms with Gasteiger partial charge in [-0.2, -0.15) is 0 Å². The van der Waals surface area contributed by atoms with E-state index < -0.39 is 0 Å². The molecule has 0 aliphatic heterocycles. The molecular formula is C12H25N3O. The second kappa shape index (κ2) is 6.86. The summed E-state index contributed by atoms with van der Waals surface area (Å²) in [6, 6.07) is -0.185. The number of carbonyl (C=O) groups excluding carboxylic acids is 1. The predicted octanol–water partition coefficient (Wildman–Crippen LogP) is 0.572. The molecule has 3 N–H and O–H groups in total. The summed E-state index contributed by atoms with van der Waals surface area (Å²) >= 11 is 0. The van der Waals surface area contributed by atoms with Crippen LogP contribution in [0.25, 0.3) is 0 Å². The van der Waals surface area contributed by atoms with Gasteiger partial charge in [-0.3, -0.25) is 4.79 Å². The molecule has 0 aromatic carbocycles. The summed E-state index contributed by atoms with van der Waals surface area (Å²) in [5, 5.41) is 2.96. The summed E-state index contributed by atoms with van der Waals surface area (Å²) in [4.78, 5) is 13.5. The van der Waals surface area contributed by atoms with Crippen molar-refractivity contribution in [1.82, 2.24) is 10.2 Å². The lowest BCUT2D eigenvalue weighted by atomic mass is 9.85. The van der Waals surface area contributed by atoms with Gasteiger partial charge < -0.3 is 16.0 Å². The normalized spacial score (nSPS) is 18.4. The second-order valence-corrected chi connectivity index (χ2v) is 4.72. The summed E-state index contributed by atoms with van der Waals surface area (Å²) in [6.45, 7) is 5.39. The molecule has 1 unspecified atom stereocenters. The van der Waals surface area contributed by atoms with E-state index in [2.05, 4.69) is 17.1 Å². The highest BCUT2D eigenvalue weighted by Gasteiger charge is 2.21. The molecule has 1 fully saturated rings. The average molecular weight is 227 g/mol. The summed E-state index contributed by atoms with van der Waals surface area (Å²) in [5.74, 6) is 0.642. The van der Waals surface area contributed by atoms with E-state index in [9.17, 15) is 4.79 Å². The van der Waals surface area contributed by atoms with E-state index in [1.54, 1.807) is 7.05 Å². The van der Waals surface area contributed by atoms with Gasteiger partial charge in [0, 0.05) is 13.1 Å². The van der Waals surface area contributed by atoms with Crippen LogP contribution >= 0.6 is 0 Å². The molecule has 1 saturated carbocycles. The molecule has 1 aliphatic rings. The van der Waals surface area contributed by atoms with E-state index in [1.807, 2.05) is 0 Å². The molecule has 0 bridgehead atoms. The highest BCUT2D eigenvalue weighted by Crippen LogP contribution is 2.27. The van der Waals surface area contributed by atoms with E-state index in [4.69, 9.17) is 5.73 Å². The number of rotatable bonds is 8. The van der Waals surface area contributed by atoms with Crippen LogP contribution in [0.3, 0.4) is 0 Å². The molecule has 1 rings (SSSR count). The fourth-order valence-electron chi connectivity index (χ4n) is 2.16. The van der Waals surface area contributed by atoms with Gasteiger partial charge in [-0.1, -0.05) is 13.3 Å². The number of nitrogens with one attached hydrogen (secondary N) is 1. The molecular weight excluding hydrogens is 202 g/mol. The van der Waals surface area contributed by atoms with Gasteiger partial charge in [-0.25, -0.2) is 0 Å². The van der Waals surface area contributed by atoms with Crippen LogP contribution in [-0.4, -0.2) is 43.5 Å². The SMILES string of the molecule is CCN(CCC(NC)C(N)=O)CC1CCC1. The molecule has 1 aliphatic carbocycles. The number of hydrogen-bond acceptors (Lipinski definition) is 3. The van der Waals surface area contributed by atoms with E-state index in [0.29, 0.717) is 0 Å². The van der Waals surface area contributed by atoms with Crippen molar-refractivity contribution in [3.8, 4) is 0 Å². The Morgan fingerprint density at radius 3 is 2.62 bits per heavy atom. The number of primary amides is 1. The maximum Gasteiger partial charge on any atom is 0.234 e. The maximum atomic E-state index is 11.1. The summed E-state index contributed by atoms with van der Waals surface area (Å²) in [5.41, 5.74) is 5.29. The van der Waals surface area contributed by atoms with Gasteiger partial charge in [-0.15, -0.1) is 0 Å². The largest absolute Gasteiger partial charge is 0.368 e. The monoisotopic (exact) mass is 227 g/mol. The van der Waals surface area contributed by atoms with Crippen LogP contribution in [0.15, 0.2) is 0 Å². The van der Waals surface area contributed by atoms with Crippen molar-refractivity contribution >= 4 is 5.91 Å². The minimum absolute atomic E-state index is 0.185. The quantitative estimate of drug-likeness (QED) is 0.637. The second-order valence-electron chi connectivity index (χ2n) is 4.72. The zero-order valence-electron chi connectivity index (χ0n) is 10.5. The molecule has 0 aromatic heterocycles. The summed E-state index contributed by atoms with van der Waals surface area (Å²) in [7, 11) is 1.79. The minimum atomic E-state index is -0.248. The Balaban J connectivity index is 2.23. The Morgan fingerprint density at radius 1 is 1.56 bits per heavy atom. The van der Waals surface area contributed by atoms with E-state index in [1.165, 1.54) is 25.8 Å². The van der Waals surface area contributed by atoms with Gasteiger partial charge in [0.15, 0.2) is 0 Å². The zero-order chi connectivity index (χ0) is 12.0. The highest BCUT2D eigenvalue weighted by molar-refractivity contribution is 5.79. The van der Waals surface area contributed by atoms with Crippen LogP contribution in [0.5, 0.6) is 0 Å². The Morgan fingerprint density at radius 2 is 2.25 bits per heavy atom.